The van der Waals surface area contributed by atoms with Crippen LogP contribution in [-0.2, 0) is 16.4 Å². The van der Waals surface area contributed by atoms with Crippen LogP contribution in [0, 0.1) is 0 Å². The van der Waals surface area contributed by atoms with Gasteiger partial charge in [-0.1, -0.05) is 12.1 Å². The monoisotopic (exact) mass is 250 g/mol. The van der Waals surface area contributed by atoms with Gasteiger partial charge in [0.05, 0.1) is 0 Å². The van der Waals surface area contributed by atoms with Crippen LogP contribution in [-0.4, -0.2) is 20.7 Å². The Morgan fingerprint density at radius 1 is 1.25 bits per heavy atom. The molecule has 0 amide bonds. The average molecular weight is 250 g/mol. The fourth-order valence-corrected chi connectivity index (χ4v) is 1.60. The van der Waals surface area contributed by atoms with Crippen LogP contribution in [0.1, 0.15) is 5.56 Å². The number of anilines is 1. The topological polar surface area (TPSA) is 72.2 Å². The number of hydrogen-bond donors (Lipinski definition) is 2. The summed E-state index contributed by atoms with van der Waals surface area (Å²) in [6, 6.07) is 6.76. The van der Waals surface area contributed by atoms with Crippen molar-refractivity contribution in [1.82, 2.24) is 4.72 Å². The van der Waals surface area contributed by atoms with E-state index in [1.807, 2.05) is 4.72 Å². The van der Waals surface area contributed by atoms with Crippen LogP contribution in [0.15, 0.2) is 24.3 Å². The van der Waals surface area contributed by atoms with E-state index in [9.17, 15) is 17.2 Å². The molecule has 1 aromatic rings. The van der Waals surface area contributed by atoms with Gasteiger partial charge < -0.3 is 5.73 Å². The molecule has 0 aromatic heterocycles. The third kappa shape index (κ3) is 3.74. The Bertz CT molecular complexity index is 431. The standard InChI is InChI=1S/C9H12F2N2O2S/c10-9(11)16(14,15)13-6-5-7-1-3-8(12)4-2-7/h1-4,9,13H,5-6,12H2. The van der Waals surface area contributed by atoms with E-state index < -0.39 is 15.8 Å². The van der Waals surface area contributed by atoms with Crippen LogP contribution in [0.25, 0.3) is 0 Å². The van der Waals surface area contributed by atoms with E-state index in [1.165, 1.54) is 0 Å². The van der Waals surface area contributed by atoms with Crippen molar-refractivity contribution in [2.75, 3.05) is 12.3 Å². The minimum Gasteiger partial charge on any atom is -0.399 e. The highest BCUT2D eigenvalue weighted by atomic mass is 32.2. The minimum absolute atomic E-state index is 0.0589. The third-order valence-electron chi connectivity index (χ3n) is 1.93. The summed E-state index contributed by atoms with van der Waals surface area (Å²) in [5.41, 5.74) is 6.87. The molecule has 7 heteroatoms. The highest BCUT2D eigenvalue weighted by Gasteiger charge is 2.22. The van der Waals surface area contributed by atoms with Gasteiger partial charge in [-0.2, -0.15) is 8.78 Å². The van der Waals surface area contributed by atoms with Crippen LogP contribution >= 0.6 is 0 Å². The van der Waals surface area contributed by atoms with Crippen molar-refractivity contribution >= 4 is 15.7 Å². The van der Waals surface area contributed by atoms with Gasteiger partial charge in [-0.05, 0) is 24.1 Å². The molecule has 0 heterocycles. The van der Waals surface area contributed by atoms with Crippen molar-refractivity contribution in [1.29, 1.82) is 0 Å². The molecule has 0 aliphatic heterocycles. The van der Waals surface area contributed by atoms with E-state index in [2.05, 4.69) is 0 Å². The number of hydrogen-bond acceptors (Lipinski definition) is 3. The Morgan fingerprint density at radius 3 is 2.31 bits per heavy atom. The summed E-state index contributed by atoms with van der Waals surface area (Å²) in [7, 11) is -4.48. The number of sulfonamides is 1. The molecule has 0 radical (unpaired) electrons. The predicted octanol–water partition coefficient (Wildman–Crippen LogP) is 0.953. The molecule has 0 aliphatic carbocycles. The first kappa shape index (κ1) is 12.9. The molecule has 1 aromatic carbocycles. The van der Waals surface area contributed by atoms with Gasteiger partial charge in [-0.25, -0.2) is 13.1 Å². The van der Waals surface area contributed by atoms with E-state index in [0.717, 1.165) is 5.56 Å². The SMILES string of the molecule is Nc1ccc(CCNS(=O)(=O)C(F)F)cc1. The largest absolute Gasteiger partial charge is 0.399 e. The Morgan fingerprint density at radius 2 is 1.81 bits per heavy atom. The van der Waals surface area contributed by atoms with Gasteiger partial charge in [-0.15, -0.1) is 0 Å². The van der Waals surface area contributed by atoms with E-state index in [0.29, 0.717) is 12.1 Å². The Labute approximate surface area is 92.5 Å². The number of nitrogens with one attached hydrogen (secondary N) is 1. The zero-order chi connectivity index (χ0) is 12.2. The molecule has 90 valence electrons. The summed E-state index contributed by atoms with van der Waals surface area (Å²) in [6.07, 6.45) is 0.340. The first-order valence-corrected chi connectivity index (χ1v) is 6.07. The number of nitrogen functional groups attached to an aromatic ring is 1. The molecule has 0 saturated heterocycles. The predicted molar refractivity (Wildman–Crippen MR) is 57.5 cm³/mol. The van der Waals surface area contributed by atoms with Crippen molar-refractivity contribution < 1.29 is 17.2 Å². The summed E-state index contributed by atoms with van der Waals surface area (Å²) in [5, 5.41) is 0. The van der Waals surface area contributed by atoms with Crippen LogP contribution in [0.4, 0.5) is 14.5 Å². The van der Waals surface area contributed by atoms with Crippen molar-refractivity contribution in [2.24, 2.45) is 0 Å². The van der Waals surface area contributed by atoms with Gasteiger partial charge in [0.15, 0.2) is 0 Å². The quantitative estimate of drug-likeness (QED) is 0.764. The Hall–Kier alpha value is -1.21. The molecule has 0 atom stereocenters. The maximum absolute atomic E-state index is 11.9. The van der Waals surface area contributed by atoms with Crippen LogP contribution in [0.2, 0.25) is 0 Å². The highest BCUT2D eigenvalue weighted by molar-refractivity contribution is 7.89. The lowest BCUT2D eigenvalue weighted by Crippen LogP contribution is -2.31. The molecule has 0 aliphatic rings. The maximum Gasteiger partial charge on any atom is 0.350 e. The second-order valence-electron chi connectivity index (χ2n) is 3.19. The van der Waals surface area contributed by atoms with Crippen LogP contribution in [0.5, 0.6) is 0 Å². The second kappa shape index (κ2) is 5.22. The molecule has 0 saturated carbocycles. The lowest BCUT2D eigenvalue weighted by molar-refractivity contribution is 0.232. The first-order chi connectivity index (χ1) is 7.42. The lowest BCUT2D eigenvalue weighted by Gasteiger charge is -2.05. The minimum atomic E-state index is -4.48. The molecular formula is C9H12F2N2O2S. The summed E-state index contributed by atoms with van der Waals surface area (Å²) < 4.78 is 47.0. The van der Waals surface area contributed by atoms with E-state index in [4.69, 9.17) is 5.73 Å². The number of alkyl halides is 2. The second-order valence-corrected chi connectivity index (χ2v) is 4.93. The van der Waals surface area contributed by atoms with Gasteiger partial charge in [0.1, 0.15) is 0 Å². The van der Waals surface area contributed by atoms with Gasteiger partial charge >= 0.3 is 5.76 Å². The maximum atomic E-state index is 11.9. The Balaban J connectivity index is 2.45. The van der Waals surface area contributed by atoms with Gasteiger partial charge in [0, 0.05) is 12.2 Å². The van der Waals surface area contributed by atoms with E-state index in [-0.39, 0.29) is 6.54 Å². The smallest absolute Gasteiger partial charge is 0.350 e. The molecule has 0 bridgehead atoms. The molecule has 16 heavy (non-hydrogen) atoms. The lowest BCUT2D eigenvalue weighted by atomic mass is 10.1. The van der Waals surface area contributed by atoms with Crippen molar-refractivity contribution in [3.8, 4) is 0 Å². The third-order valence-corrected chi connectivity index (χ3v) is 3.01. The summed E-state index contributed by atoms with van der Waals surface area (Å²) in [6.45, 7) is -0.0589. The van der Waals surface area contributed by atoms with Gasteiger partial charge in [-0.3, -0.25) is 0 Å². The van der Waals surface area contributed by atoms with Crippen molar-refractivity contribution in [3.63, 3.8) is 0 Å². The van der Waals surface area contributed by atoms with Crippen molar-refractivity contribution in [3.05, 3.63) is 29.8 Å². The normalized spacial score (nSPS) is 11.9. The number of nitrogens with two attached hydrogens (primary N) is 1. The fourth-order valence-electron chi connectivity index (χ4n) is 1.08. The van der Waals surface area contributed by atoms with E-state index in [1.54, 1.807) is 24.3 Å². The van der Waals surface area contributed by atoms with Crippen molar-refractivity contribution in [2.45, 2.75) is 12.2 Å². The number of rotatable bonds is 5. The van der Waals surface area contributed by atoms with E-state index >= 15 is 0 Å². The molecule has 3 N–H and O–H groups in total. The zero-order valence-corrected chi connectivity index (χ0v) is 9.18. The molecule has 0 fully saturated rings. The number of benzene rings is 1. The van der Waals surface area contributed by atoms with Crippen LogP contribution < -0.4 is 10.5 Å². The molecule has 0 unspecified atom stereocenters. The van der Waals surface area contributed by atoms with Gasteiger partial charge in [0.25, 0.3) is 10.0 Å². The fraction of sp³-hybridized carbons (Fsp3) is 0.333. The highest BCUT2D eigenvalue weighted by Crippen LogP contribution is 2.06. The summed E-state index contributed by atoms with van der Waals surface area (Å²) in [4.78, 5) is 0. The zero-order valence-electron chi connectivity index (χ0n) is 8.36. The average Bonchev–Trinajstić information content (AvgIpc) is 2.20. The first-order valence-electron chi connectivity index (χ1n) is 4.53. The summed E-state index contributed by atoms with van der Waals surface area (Å²) >= 11 is 0. The Kier molecular flexibility index (Phi) is 4.19. The number of halogens is 2. The molecule has 0 spiro atoms. The molecular weight excluding hydrogens is 238 g/mol. The summed E-state index contributed by atoms with van der Waals surface area (Å²) in [5.74, 6) is -3.39. The molecule has 1 rings (SSSR count). The molecule has 4 nitrogen and oxygen atoms in total. The van der Waals surface area contributed by atoms with Gasteiger partial charge in [0.2, 0.25) is 0 Å². The van der Waals surface area contributed by atoms with Crippen LogP contribution in [0.3, 0.4) is 0 Å².